The van der Waals surface area contributed by atoms with E-state index in [0.717, 1.165) is 55.9 Å². The van der Waals surface area contributed by atoms with E-state index in [2.05, 4.69) is 23.5 Å². The zero-order chi connectivity index (χ0) is 18.5. The molecule has 1 spiro atoms. The van der Waals surface area contributed by atoms with Gasteiger partial charge in [-0.15, -0.1) is 0 Å². The summed E-state index contributed by atoms with van der Waals surface area (Å²) in [5.41, 5.74) is 2.65. The third-order valence-corrected chi connectivity index (χ3v) is 6.05. The van der Waals surface area contributed by atoms with Crippen molar-refractivity contribution in [3.05, 3.63) is 54.6 Å². The first-order valence-corrected chi connectivity index (χ1v) is 10.0. The number of hydrogen-bond acceptors (Lipinski definition) is 3. The second-order valence-electron chi connectivity index (χ2n) is 7.77. The van der Waals surface area contributed by atoms with Crippen LogP contribution in [0.1, 0.15) is 25.7 Å². The zero-order valence-corrected chi connectivity index (χ0v) is 15.8. The summed E-state index contributed by atoms with van der Waals surface area (Å²) >= 11 is 0. The predicted molar refractivity (Wildman–Crippen MR) is 108 cm³/mol. The number of hydrogen-bond donors (Lipinski definition) is 1. The van der Waals surface area contributed by atoms with Crippen LogP contribution in [0.25, 0.3) is 11.1 Å². The topological polar surface area (TPSA) is 41.6 Å². The van der Waals surface area contributed by atoms with E-state index in [1.807, 2.05) is 41.3 Å². The van der Waals surface area contributed by atoms with Crippen molar-refractivity contribution in [3.8, 4) is 16.9 Å². The number of amides is 1. The number of nitrogens with one attached hydrogen (secondary N) is 1. The first kappa shape index (κ1) is 18.1. The molecule has 2 aromatic rings. The van der Waals surface area contributed by atoms with Crippen LogP contribution in [0.15, 0.2) is 54.6 Å². The Morgan fingerprint density at radius 2 is 1.74 bits per heavy atom. The van der Waals surface area contributed by atoms with Gasteiger partial charge < -0.3 is 15.0 Å². The van der Waals surface area contributed by atoms with Crippen LogP contribution >= 0.6 is 0 Å². The Bertz CT molecular complexity index is 759. The molecule has 0 unspecified atom stereocenters. The van der Waals surface area contributed by atoms with Crippen LogP contribution in [0.4, 0.5) is 0 Å². The Morgan fingerprint density at radius 3 is 2.48 bits per heavy atom. The fraction of sp³-hybridized carbons (Fsp3) is 0.435. The first-order chi connectivity index (χ1) is 13.3. The highest BCUT2D eigenvalue weighted by atomic mass is 16.5. The number of likely N-dealkylation sites (tertiary alicyclic amines) is 1. The average molecular weight is 364 g/mol. The van der Waals surface area contributed by atoms with Gasteiger partial charge in [0.2, 0.25) is 5.91 Å². The van der Waals surface area contributed by atoms with Gasteiger partial charge in [-0.2, -0.15) is 0 Å². The molecule has 142 valence electrons. The summed E-state index contributed by atoms with van der Waals surface area (Å²) in [6, 6.07) is 18.2. The summed E-state index contributed by atoms with van der Waals surface area (Å²) in [5.74, 6) is 1.05. The molecule has 1 N–H and O–H groups in total. The summed E-state index contributed by atoms with van der Waals surface area (Å²) in [5, 5.41) is 3.47. The quantitative estimate of drug-likeness (QED) is 0.879. The predicted octanol–water partition coefficient (Wildman–Crippen LogP) is 3.72. The maximum atomic E-state index is 12.6. The Morgan fingerprint density at radius 1 is 1.00 bits per heavy atom. The number of para-hydroxylation sites is 1. The van der Waals surface area contributed by atoms with E-state index < -0.39 is 0 Å². The minimum atomic E-state index is 0.216. The molecule has 4 nitrogen and oxygen atoms in total. The fourth-order valence-electron chi connectivity index (χ4n) is 4.31. The molecule has 4 rings (SSSR count). The maximum absolute atomic E-state index is 12.6. The van der Waals surface area contributed by atoms with Gasteiger partial charge in [0, 0.05) is 25.2 Å². The molecule has 0 aliphatic carbocycles. The van der Waals surface area contributed by atoms with Crippen LogP contribution in [-0.4, -0.2) is 43.6 Å². The molecule has 2 fully saturated rings. The Labute approximate surface area is 161 Å². The maximum Gasteiger partial charge on any atom is 0.225 e. The molecule has 0 bridgehead atoms. The van der Waals surface area contributed by atoms with E-state index >= 15 is 0 Å². The molecular formula is C23H28N2O2. The zero-order valence-electron chi connectivity index (χ0n) is 15.8. The largest absolute Gasteiger partial charge is 0.492 e. The molecule has 0 radical (unpaired) electrons. The van der Waals surface area contributed by atoms with Gasteiger partial charge in [0.15, 0.2) is 0 Å². The van der Waals surface area contributed by atoms with Gasteiger partial charge in [-0.05, 0) is 42.9 Å². The summed E-state index contributed by atoms with van der Waals surface area (Å²) in [4.78, 5) is 14.6. The van der Waals surface area contributed by atoms with Crippen molar-refractivity contribution in [1.82, 2.24) is 10.2 Å². The van der Waals surface area contributed by atoms with Crippen LogP contribution < -0.4 is 10.1 Å². The van der Waals surface area contributed by atoms with Crippen molar-refractivity contribution in [2.24, 2.45) is 5.41 Å². The van der Waals surface area contributed by atoms with E-state index in [4.69, 9.17) is 4.74 Å². The molecule has 2 aromatic carbocycles. The first-order valence-electron chi connectivity index (χ1n) is 10.0. The monoisotopic (exact) mass is 364 g/mol. The number of benzene rings is 2. The molecular weight excluding hydrogens is 336 g/mol. The van der Waals surface area contributed by atoms with Crippen molar-refractivity contribution in [1.29, 1.82) is 0 Å². The molecule has 1 amide bonds. The van der Waals surface area contributed by atoms with E-state index in [1.165, 1.54) is 6.42 Å². The van der Waals surface area contributed by atoms with Gasteiger partial charge in [-0.3, -0.25) is 4.79 Å². The molecule has 2 saturated heterocycles. The summed E-state index contributed by atoms with van der Waals surface area (Å²) in [7, 11) is 0. The number of carbonyl (C=O) groups excluding carboxylic acids is 1. The minimum Gasteiger partial charge on any atom is -0.492 e. The summed E-state index contributed by atoms with van der Waals surface area (Å²) in [6.07, 6.45) is 3.95. The second kappa shape index (κ2) is 8.13. The number of piperidine rings is 1. The molecule has 0 aromatic heterocycles. The lowest BCUT2D eigenvalue weighted by molar-refractivity contribution is -0.133. The van der Waals surface area contributed by atoms with Crippen LogP contribution in [-0.2, 0) is 4.79 Å². The van der Waals surface area contributed by atoms with Gasteiger partial charge in [-0.1, -0.05) is 48.5 Å². The normalized spacial score (nSPS) is 18.6. The third-order valence-electron chi connectivity index (χ3n) is 6.05. The van der Waals surface area contributed by atoms with Gasteiger partial charge >= 0.3 is 0 Å². The lowest BCUT2D eigenvalue weighted by Crippen LogP contribution is -2.44. The Kier molecular flexibility index (Phi) is 5.44. The van der Waals surface area contributed by atoms with Crippen LogP contribution in [0.2, 0.25) is 0 Å². The number of ether oxygens (including phenoxy) is 1. The standard InChI is InChI=1S/C23H28N2O2/c26-22(25-15-12-23(13-16-25)11-14-24-18-23)10-17-27-21-9-5-4-8-20(21)19-6-2-1-3-7-19/h1-9,24H,10-18H2. The molecule has 4 heteroatoms. The highest BCUT2D eigenvalue weighted by Gasteiger charge is 2.37. The number of nitrogens with zero attached hydrogens (tertiary/aromatic N) is 1. The highest BCUT2D eigenvalue weighted by molar-refractivity contribution is 5.76. The van der Waals surface area contributed by atoms with Crippen LogP contribution in [0.5, 0.6) is 5.75 Å². The second-order valence-corrected chi connectivity index (χ2v) is 7.77. The number of rotatable bonds is 5. The summed E-state index contributed by atoms with van der Waals surface area (Å²) in [6.45, 7) is 4.45. The molecule has 27 heavy (non-hydrogen) atoms. The minimum absolute atomic E-state index is 0.216. The van der Waals surface area contributed by atoms with Gasteiger partial charge in [-0.25, -0.2) is 0 Å². The van der Waals surface area contributed by atoms with E-state index in [1.54, 1.807) is 0 Å². The average Bonchev–Trinajstić information content (AvgIpc) is 3.17. The van der Waals surface area contributed by atoms with E-state index in [9.17, 15) is 4.79 Å². The molecule has 0 saturated carbocycles. The smallest absolute Gasteiger partial charge is 0.225 e. The van der Waals surface area contributed by atoms with Crippen molar-refractivity contribution in [2.75, 3.05) is 32.8 Å². The molecule has 2 aliphatic heterocycles. The number of carbonyl (C=O) groups is 1. The Balaban J connectivity index is 1.30. The molecule has 2 heterocycles. The van der Waals surface area contributed by atoms with Gasteiger partial charge in [0.25, 0.3) is 0 Å². The SMILES string of the molecule is O=C(CCOc1ccccc1-c1ccccc1)N1CCC2(CCNC2)CC1. The van der Waals surface area contributed by atoms with Crippen molar-refractivity contribution < 1.29 is 9.53 Å². The lowest BCUT2D eigenvalue weighted by Gasteiger charge is -2.38. The Hall–Kier alpha value is -2.33. The van der Waals surface area contributed by atoms with Crippen LogP contribution in [0, 0.1) is 5.41 Å². The van der Waals surface area contributed by atoms with Crippen molar-refractivity contribution in [2.45, 2.75) is 25.7 Å². The van der Waals surface area contributed by atoms with Crippen LogP contribution in [0.3, 0.4) is 0 Å². The highest BCUT2D eigenvalue weighted by Crippen LogP contribution is 2.37. The van der Waals surface area contributed by atoms with Gasteiger partial charge in [0.05, 0.1) is 13.0 Å². The third kappa shape index (κ3) is 4.16. The van der Waals surface area contributed by atoms with E-state index in [-0.39, 0.29) is 5.91 Å². The fourth-order valence-corrected chi connectivity index (χ4v) is 4.31. The summed E-state index contributed by atoms with van der Waals surface area (Å²) < 4.78 is 5.99. The lowest BCUT2D eigenvalue weighted by atomic mass is 9.78. The molecule has 0 atom stereocenters. The van der Waals surface area contributed by atoms with E-state index in [0.29, 0.717) is 18.4 Å². The van der Waals surface area contributed by atoms with Gasteiger partial charge in [0.1, 0.15) is 5.75 Å². The van der Waals surface area contributed by atoms with Crippen molar-refractivity contribution in [3.63, 3.8) is 0 Å². The van der Waals surface area contributed by atoms with Crippen molar-refractivity contribution >= 4 is 5.91 Å². The molecule has 2 aliphatic rings.